The Balaban J connectivity index is 1.71. The number of nitrogens with zero attached hydrogens (tertiary/aromatic N) is 1. The van der Waals surface area contributed by atoms with E-state index in [0.717, 1.165) is 19.6 Å². The second-order valence-electron chi connectivity index (χ2n) is 4.80. The van der Waals surface area contributed by atoms with Gasteiger partial charge in [-0.15, -0.1) is 11.3 Å². The van der Waals surface area contributed by atoms with Crippen molar-refractivity contribution in [3.63, 3.8) is 0 Å². The molecular weight excluding hydrogens is 218 g/mol. The maximum atomic E-state index is 4.83. The van der Waals surface area contributed by atoms with Crippen LogP contribution >= 0.6 is 11.3 Å². The Kier molecular flexibility index (Phi) is 3.22. The second-order valence-corrected chi connectivity index (χ2v) is 5.69. The number of aromatic nitrogens is 1. The molecular formula is C12H19N3S. The molecule has 3 heterocycles. The van der Waals surface area contributed by atoms with Crippen molar-refractivity contribution in [1.29, 1.82) is 0 Å². The molecule has 0 radical (unpaired) electrons. The molecule has 0 amide bonds. The molecule has 2 N–H and O–H groups in total. The number of piperidine rings is 1. The highest BCUT2D eigenvalue weighted by Gasteiger charge is 2.22. The lowest BCUT2D eigenvalue weighted by molar-refractivity contribution is 0.406. The zero-order valence-electron chi connectivity index (χ0n) is 9.54. The Morgan fingerprint density at radius 1 is 1.25 bits per heavy atom. The smallest absolute Gasteiger partial charge is 0.0973 e. The molecule has 2 atom stereocenters. The maximum absolute atomic E-state index is 4.83. The van der Waals surface area contributed by atoms with E-state index >= 15 is 0 Å². The van der Waals surface area contributed by atoms with Gasteiger partial charge in [0.15, 0.2) is 0 Å². The van der Waals surface area contributed by atoms with Crippen LogP contribution in [0.15, 0.2) is 5.38 Å². The summed E-state index contributed by atoms with van der Waals surface area (Å²) in [7, 11) is 0. The van der Waals surface area contributed by atoms with E-state index in [1.165, 1.54) is 36.4 Å². The summed E-state index contributed by atoms with van der Waals surface area (Å²) in [6.45, 7) is 3.43. The van der Waals surface area contributed by atoms with Gasteiger partial charge in [-0.3, -0.25) is 0 Å². The van der Waals surface area contributed by atoms with E-state index in [-0.39, 0.29) is 0 Å². The van der Waals surface area contributed by atoms with Crippen molar-refractivity contribution in [2.45, 2.75) is 37.6 Å². The quantitative estimate of drug-likeness (QED) is 0.826. The fraction of sp³-hybridized carbons (Fsp3) is 0.750. The highest BCUT2D eigenvalue weighted by molar-refractivity contribution is 7.09. The minimum absolute atomic E-state index is 0.521. The van der Waals surface area contributed by atoms with Crippen LogP contribution in [0.4, 0.5) is 0 Å². The first-order valence-electron chi connectivity index (χ1n) is 6.33. The van der Waals surface area contributed by atoms with Gasteiger partial charge in [-0.05, 0) is 32.4 Å². The summed E-state index contributed by atoms with van der Waals surface area (Å²) in [4.78, 5) is 4.83. The second kappa shape index (κ2) is 4.82. The van der Waals surface area contributed by atoms with Crippen molar-refractivity contribution in [2.24, 2.45) is 0 Å². The molecule has 3 rings (SSSR count). The van der Waals surface area contributed by atoms with Crippen molar-refractivity contribution in [3.8, 4) is 0 Å². The standard InChI is InChI=1S/C12H19N3S/c1-2-5-14-10(3-1)11-8-16-12(15-11)9-4-6-13-7-9/h8-10,13-14H,1-7H2. The molecule has 3 nitrogen and oxygen atoms in total. The summed E-state index contributed by atoms with van der Waals surface area (Å²) in [5, 5.41) is 10.6. The molecule has 2 fully saturated rings. The van der Waals surface area contributed by atoms with E-state index < -0.39 is 0 Å². The van der Waals surface area contributed by atoms with Gasteiger partial charge in [-0.1, -0.05) is 6.42 Å². The molecule has 88 valence electrons. The molecule has 2 saturated heterocycles. The van der Waals surface area contributed by atoms with Crippen molar-refractivity contribution < 1.29 is 0 Å². The molecule has 0 spiro atoms. The predicted molar refractivity (Wildman–Crippen MR) is 66.9 cm³/mol. The zero-order valence-corrected chi connectivity index (χ0v) is 10.4. The van der Waals surface area contributed by atoms with E-state index in [9.17, 15) is 0 Å². The van der Waals surface area contributed by atoms with Crippen molar-refractivity contribution in [2.75, 3.05) is 19.6 Å². The van der Waals surface area contributed by atoms with Crippen LogP contribution in [0.2, 0.25) is 0 Å². The average molecular weight is 237 g/mol. The maximum Gasteiger partial charge on any atom is 0.0973 e. The van der Waals surface area contributed by atoms with Crippen LogP contribution < -0.4 is 10.6 Å². The van der Waals surface area contributed by atoms with Gasteiger partial charge in [-0.2, -0.15) is 0 Å². The van der Waals surface area contributed by atoms with Crippen LogP contribution in [0, 0.1) is 0 Å². The Labute approximate surface area is 101 Å². The fourth-order valence-corrected chi connectivity index (χ4v) is 3.63. The van der Waals surface area contributed by atoms with Crippen LogP contribution in [-0.4, -0.2) is 24.6 Å². The van der Waals surface area contributed by atoms with E-state index in [2.05, 4.69) is 16.0 Å². The van der Waals surface area contributed by atoms with Crippen LogP contribution in [0.3, 0.4) is 0 Å². The Morgan fingerprint density at radius 2 is 2.25 bits per heavy atom. The number of hydrogen-bond acceptors (Lipinski definition) is 4. The van der Waals surface area contributed by atoms with Gasteiger partial charge in [0.2, 0.25) is 0 Å². The Morgan fingerprint density at radius 3 is 3.00 bits per heavy atom. The molecule has 2 aliphatic heterocycles. The highest BCUT2D eigenvalue weighted by atomic mass is 32.1. The molecule has 2 unspecified atom stereocenters. The number of nitrogens with one attached hydrogen (secondary N) is 2. The van der Waals surface area contributed by atoms with E-state index in [1.54, 1.807) is 0 Å². The monoisotopic (exact) mass is 237 g/mol. The van der Waals surface area contributed by atoms with Gasteiger partial charge in [-0.25, -0.2) is 4.98 Å². The molecule has 2 aliphatic rings. The molecule has 16 heavy (non-hydrogen) atoms. The molecule has 0 bridgehead atoms. The number of rotatable bonds is 2. The van der Waals surface area contributed by atoms with E-state index in [1.807, 2.05) is 11.3 Å². The van der Waals surface area contributed by atoms with Crippen LogP contribution in [0.1, 0.15) is 48.3 Å². The van der Waals surface area contributed by atoms with Gasteiger partial charge in [0.1, 0.15) is 0 Å². The summed E-state index contributed by atoms with van der Waals surface area (Å²) in [6, 6.07) is 0.521. The molecule has 1 aromatic rings. The highest BCUT2D eigenvalue weighted by Crippen LogP contribution is 2.29. The number of thiazole rings is 1. The zero-order chi connectivity index (χ0) is 10.8. The minimum atomic E-state index is 0.521. The molecule has 0 aromatic carbocycles. The lowest BCUT2D eigenvalue weighted by atomic mass is 10.0. The Hall–Kier alpha value is -0.450. The van der Waals surface area contributed by atoms with E-state index in [0.29, 0.717) is 12.0 Å². The van der Waals surface area contributed by atoms with Gasteiger partial charge in [0.05, 0.1) is 16.7 Å². The lowest BCUT2D eigenvalue weighted by Crippen LogP contribution is -2.27. The van der Waals surface area contributed by atoms with Crippen molar-refractivity contribution in [3.05, 3.63) is 16.1 Å². The predicted octanol–water partition coefficient (Wildman–Crippen LogP) is 2.03. The first-order valence-corrected chi connectivity index (χ1v) is 7.21. The van der Waals surface area contributed by atoms with Crippen LogP contribution in [0.25, 0.3) is 0 Å². The van der Waals surface area contributed by atoms with Gasteiger partial charge in [0.25, 0.3) is 0 Å². The molecule has 0 saturated carbocycles. The van der Waals surface area contributed by atoms with Crippen LogP contribution in [0.5, 0.6) is 0 Å². The minimum Gasteiger partial charge on any atom is -0.316 e. The summed E-state index contributed by atoms with van der Waals surface area (Å²) in [6.07, 6.45) is 5.17. The first kappa shape index (κ1) is 10.7. The summed E-state index contributed by atoms with van der Waals surface area (Å²) < 4.78 is 0. The topological polar surface area (TPSA) is 37.0 Å². The van der Waals surface area contributed by atoms with E-state index in [4.69, 9.17) is 4.98 Å². The number of hydrogen-bond donors (Lipinski definition) is 2. The van der Waals surface area contributed by atoms with Gasteiger partial charge >= 0.3 is 0 Å². The summed E-state index contributed by atoms with van der Waals surface area (Å²) >= 11 is 1.85. The van der Waals surface area contributed by atoms with Crippen LogP contribution in [-0.2, 0) is 0 Å². The lowest BCUT2D eigenvalue weighted by Gasteiger charge is -2.21. The van der Waals surface area contributed by atoms with Crippen molar-refractivity contribution >= 4 is 11.3 Å². The SMILES string of the molecule is c1sc(C2CCNC2)nc1C1CCCCN1. The Bertz CT molecular complexity index is 338. The van der Waals surface area contributed by atoms with Gasteiger partial charge < -0.3 is 10.6 Å². The first-order chi connectivity index (χ1) is 7.93. The normalized spacial score (nSPS) is 30.8. The third kappa shape index (κ3) is 2.14. The summed E-state index contributed by atoms with van der Waals surface area (Å²) in [5.74, 6) is 0.669. The van der Waals surface area contributed by atoms with Crippen molar-refractivity contribution in [1.82, 2.24) is 15.6 Å². The largest absolute Gasteiger partial charge is 0.316 e. The third-order valence-electron chi connectivity index (χ3n) is 3.62. The van der Waals surface area contributed by atoms with Gasteiger partial charge in [0, 0.05) is 17.8 Å². The third-order valence-corrected chi connectivity index (χ3v) is 4.64. The molecule has 0 aliphatic carbocycles. The molecule has 4 heteroatoms. The molecule has 1 aromatic heterocycles. The summed E-state index contributed by atoms with van der Waals surface area (Å²) in [5.41, 5.74) is 1.28. The average Bonchev–Trinajstić information content (AvgIpc) is 3.01. The fourth-order valence-electron chi connectivity index (χ4n) is 2.62.